The lowest BCUT2D eigenvalue weighted by molar-refractivity contribution is 0.390. The van der Waals surface area contributed by atoms with Crippen LogP contribution in [0.3, 0.4) is 0 Å². The fourth-order valence-electron chi connectivity index (χ4n) is 1.67. The quantitative estimate of drug-likeness (QED) is 0.740. The van der Waals surface area contributed by atoms with Crippen LogP contribution in [0.25, 0.3) is 11.3 Å². The van der Waals surface area contributed by atoms with E-state index in [1.165, 1.54) is 12.1 Å². The van der Waals surface area contributed by atoms with Crippen molar-refractivity contribution in [1.82, 2.24) is 0 Å². The van der Waals surface area contributed by atoms with Gasteiger partial charge in [-0.2, -0.15) is 0 Å². The van der Waals surface area contributed by atoms with Gasteiger partial charge < -0.3 is 9.15 Å². The Morgan fingerprint density at radius 1 is 1.12 bits per heavy atom. The Labute approximate surface area is 92.7 Å². The fourth-order valence-corrected chi connectivity index (χ4v) is 1.67. The first-order valence-electron chi connectivity index (χ1n) is 5.27. The third-order valence-corrected chi connectivity index (χ3v) is 2.62. The maximum atomic E-state index is 12.7. The molecule has 1 aromatic heterocycles. The lowest BCUT2D eigenvalue weighted by Crippen LogP contribution is -1.89. The highest BCUT2D eigenvalue weighted by Crippen LogP contribution is 2.25. The molecule has 0 spiro atoms. The molecule has 1 aliphatic rings. The minimum Gasteiger partial charge on any atom is -0.461 e. The van der Waals surface area contributed by atoms with Gasteiger partial charge in [-0.25, -0.2) is 4.39 Å². The van der Waals surface area contributed by atoms with E-state index >= 15 is 0 Å². The second-order valence-corrected chi connectivity index (χ2v) is 3.93. The van der Waals surface area contributed by atoms with Crippen molar-refractivity contribution in [2.24, 2.45) is 0 Å². The number of benzene rings is 1. The molecule has 1 aromatic carbocycles. The molecule has 0 bridgehead atoms. The van der Waals surface area contributed by atoms with Crippen molar-refractivity contribution in [1.29, 1.82) is 0 Å². The molecule has 1 saturated heterocycles. The zero-order valence-electron chi connectivity index (χ0n) is 8.65. The van der Waals surface area contributed by atoms with Crippen LogP contribution in [0.4, 0.5) is 4.39 Å². The second kappa shape index (κ2) is 3.76. The number of ether oxygens (including phenoxy) is 1. The monoisotopic (exact) mass is 218 g/mol. The minimum absolute atomic E-state index is 0.234. The average Bonchev–Trinajstić information content (AvgIpc) is 2.97. The molecule has 3 heteroatoms. The molecule has 0 aliphatic carbocycles. The molecule has 1 atom stereocenters. The molecule has 3 rings (SSSR count). The van der Waals surface area contributed by atoms with E-state index in [2.05, 4.69) is 0 Å². The molecule has 1 fully saturated rings. The standard InChI is InChI=1S/C13H11FO2/c14-10-3-1-9(2-4-10)13-6-5-11(16-13)7-12-8-15-12/h1-6,12H,7-8H2. The van der Waals surface area contributed by atoms with Crippen LogP contribution in [-0.2, 0) is 11.2 Å². The Kier molecular flexibility index (Phi) is 2.26. The highest BCUT2D eigenvalue weighted by molar-refractivity contribution is 5.57. The molecule has 2 heterocycles. The number of hydrogen-bond donors (Lipinski definition) is 0. The van der Waals surface area contributed by atoms with E-state index in [-0.39, 0.29) is 5.82 Å². The Morgan fingerprint density at radius 3 is 2.56 bits per heavy atom. The van der Waals surface area contributed by atoms with Gasteiger partial charge in [0.15, 0.2) is 0 Å². The summed E-state index contributed by atoms with van der Waals surface area (Å²) >= 11 is 0. The van der Waals surface area contributed by atoms with Crippen molar-refractivity contribution in [3.8, 4) is 11.3 Å². The van der Waals surface area contributed by atoms with E-state index in [1.807, 2.05) is 12.1 Å². The molecule has 0 amide bonds. The van der Waals surface area contributed by atoms with E-state index in [0.717, 1.165) is 30.1 Å². The molecule has 82 valence electrons. The van der Waals surface area contributed by atoms with Gasteiger partial charge >= 0.3 is 0 Å². The SMILES string of the molecule is Fc1ccc(-c2ccc(CC3CO3)o2)cc1. The zero-order valence-corrected chi connectivity index (χ0v) is 8.65. The Balaban J connectivity index is 1.82. The summed E-state index contributed by atoms with van der Waals surface area (Å²) in [5, 5.41) is 0. The second-order valence-electron chi connectivity index (χ2n) is 3.93. The lowest BCUT2D eigenvalue weighted by atomic mass is 10.2. The first kappa shape index (κ1) is 9.60. The smallest absolute Gasteiger partial charge is 0.134 e. The molecule has 0 N–H and O–H groups in total. The maximum Gasteiger partial charge on any atom is 0.134 e. The van der Waals surface area contributed by atoms with Gasteiger partial charge in [0.1, 0.15) is 17.3 Å². The van der Waals surface area contributed by atoms with Gasteiger partial charge in [-0.1, -0.05) is 0 Å². The van der Waals surface area contributed by atoms with E-state index in [4.69, 9.17) is 9.15 Å². The molecule has 1 aliphatic heterocycles. The van der Waals surface area contributed by atoms with E-state index in [1.54, 1.807) is 12.1 Å². The van der Waals surface area contributed by atoms with E-state index in [0.29, 0.717) is 6.10 Å². The van der Waals surface area contributed by atoms with Crippen molar-refractivity contribution in [3.05, 3.63) is 48.0 Å². The molecular formula is C13H11FO2. The van der Waals surface area contributed by atoms with Crippen LogP contribution in [0.15, 0.2) is 40.8 Å². The van der Waals surface area contributed by atoms with Crippen LogP contribution in [0.2, 0.25) is 0 Å². The predicted molar refractivity (Wildman–Crippen MR) is 57.5 cm³/mol. The fraction of sp³-hybridized carbons (Fsp3) is 0.231. The Morgan fingerprint density at radius 2 is 1.88 bits per heavy atom. The van der Waals surface area contributed by atoms with Crippen molar-refractivity contribution >= 4 is 0 Å². The van der Waals surface area contributed by atoms with Crippen molar-refractivity contribution < 1.29 is 13.5 Å². The number of furan rings is 1. The summed E-state index contributed by atoms with van der Waals surface area (Å²) in [5.74, 6) is 1.46. The van der Waals surface area contributed by atoms with Crippen LogP contribution in [0.5, 0.6) is 0 Å². The summed E-state index contributed by atoms with van der Waals surface area (Å²) in [6, 6.07) is 10.1. The highest BCUT2D eigenvalue weighted by atomic mass is 19.1. The van der Waals surface area contributed by atoms with Crippen LogP contribution < -0.4 is 0 Å². The first-order valence-corrected chi connectivity index (χ1v) is 5.27. The largest absolute Gasteiger partial charge is 0.461 e. The number of epoxide rings is 1. The molecule has 2 aromatic rings. The topological polar surface area (TPSA) is 25.7 Å². The third kappa shape index (κ3) is 1.99. The number of halogens is 1. The van der Waals surface area contributed by atoms with Gasteiger partial charge in [-0.05, 0) is 36.4 Å². The van der Waals surface area contributed by atoms with Gasteiger partial charge in [0.2, 0.25) is 0 Å². The Hall–Kier alpha value is -1.61. The summed E-state index contributed by atoms with van der Waals surface area (Å²) < 4.78 is 23.5. The summed E-state index contributed by atoms with van der Waals surface area (Å²) in [6.45, 7) is 0.826. The Bertz CT molecular complexity index is 483. The van der Waals surface area contributed by atoms with E-state index in [9.17, 15) is 4.39 Å². The van der Waals surface area contributed by atoms with Crippen molar-refractivity contribution in [2.75, 3.05) is 6.61 Å². The predicted octanol–water partition coefficient (Wildman–Crippen LogP) is 3.03. The van der Waals surface area contributed by atoms with Gasteiger partial charge in [-0.15, -0.1) is 0 Å². The summed E-state index contributed by atoms with van der Waals surface area (Å²) in [5.41, 5.74) is 0.893. The molecule has 1 unspecified atom stereocenters. The van der Waals surface area contributed by atoms with E-state index < -0.39 is 0 Å². The number of rotatable bonds is 3. The highest BCUT2D eigenvalue weighted by Gasteiger charge is 2.24. The third-order valence-electron chi connectivity index (χ3n) is 2.62. The average molecular weight is 218 g/mol. The van der Waals surface area contributed by atoms with Crippen LogP contribution in [0, 0.1) is 5.82 Å². The number of hydrogen-bond acceptors (Lipinski definition) is 2. The molecule has 2 nitrogen and oxygen atoms in total. The summed E-state index contributed by atoms with van der Waals surface area (Å²) in [6.07, 6.45) is 1.15. The normalized spacial score (nSPS) is 18.7. The van der Waals surface area contributed by atoms with Gasteiger partial charge in [0.25, 0.3) is 0 Å². The van der Waals surface area contributed by atoms with Crippen molar-refractivity contribution in [3.63, 3.8) is 0 Å². The van der Waals surface area contributed by atoms with Gasteiger partial charge in [0, 0.05) is 12.0 Å². The molecule has 16 heavy (non-hydrogen) atoms. The molecule has 0 radical (unpaired) electrons. The van der Waals surface area contributed by atoms with Crippen LogP contribution in [0.1, 0.15) is 5.76 Å². The van der Waals surface area contributed by atoms with Gasteiger partial charge in [0.05, 0.1) is 12.7 Å². The summed E-state index contributed by atoms with van der Waals surface area (Å²) in [4.78, 5) is 0. The lowest BCUT2D eigenvalue weighted by Gasteiger charge is -1.96. The molecule has 0 saturated carbocycles. The van der Waals surface area contributed by atoms with Crippen molar-refractivity contribution in [2.45, 2.75) is 12.5 Å². The van der Waals surface area contributed by atoms with Crippen LogP contribution >= 0.6 is 0 Å². The minimum atomic E-state index is -0.234. The van der Waals surface area contributed by atoms with Gasteiger partial charge in [-0.3, -0.25) is 0 Å². The summed E-state index contributed by atoms with van der Waals surface area (Å²) in [7, 11) is 0. The van der Waals surface area contributed by atoms with Crippen LogP contribution in [-0.4, -0.2) is 12.7 Å². The zero-order chi connectivity index (χ0) is 11.0. The maximum absolute atomic E-state index is 12.7. The molecular weight excluding hydrogens is 207 g/mol. The first-order chi connectivity index (χ1) is 7.81.